The number of amides is 2. The minimum Gasteiger partial charge on any atom is -0.349 e. The van der Waals surface area contributed by atoms with E-state index in [9.17, 15) is 9.59 Å². The molecule has 0 radical (unpaired) electrons. The third-order valence-electron chi connectivity index (χ3n) is 4.08. The monoisotopic (exact) mass is 344 g/mol. The minimum absolute atomic E-state index is 0.0367. The lowest BCUT2D eigenvalue weighted by atomic mass is 10.0. The van der Waals surface area contributed by atoms with Crippen LogP contribution in [0.4, 0.5) is 5.00 Å². The molecule has 1 aliphatic heterocycles. The molecule has 1 aromatic carbocycles. The van der Waals surface area contributed by atoms with Gasteiger partial charge in [-0.1, -0.05) is 18.2 Å². The molecule has 1 atom stereocenters. The minimum atomic E-state index is -0.155. The van der Waals surface area contributed by atoms with Gasteiger partial charge >= 0.3 is 0 Å². The summed E-state index contributed by atoms with van der Waals surface area (Å²) in [6.45, 7) is 0. The summed E-state index contributed by atoms with van der Waals surface area (Å²) in [5.74, 6) is 0.466. The van der Waals surface area contributed by atoms with Gasteiger partial charge in [0.2, 0.25) is 5.91 Å². The Morgan fingerprint density at radius 3 is 2.78 bits per heavy atom. The molecule has 2 heterocycles. The van der Waals surface area contributed by atoms with E-state index in [0.717, 1.165) is 24.2 Å². The van der Waals surface area contributed by atoms with E-state index in [4.69, 9.17) is 0 Å². The molecule has 4 rings (SSSR count). The van der Waals surface area contributed by atoms with Crippen molar-refractivity contribution in [1.29, 1.82) is 0 Å². The van der Waals surface area contributed by atoms with Gasteiger partial charge in [-0.25, -0.2) is 0 Å². The van der Waals surface area contributed by atoms with Crippen LogP contribution in [-0.4, -0.2) is 23.6 Å². The van der Waals surface area contributed by atoms with Crippen LogP contribution in [0.5, 0.6) is 0 Å². The molecule has 2 aromatic rings. The smallest absolute Gasteiger partial charge is 0.254 e. The van der Waals surface area contributed by atoms with Crippen LogP contribution in [0.2, 0.25) is 0 Å². The van der Waals surface area contributed by atoms with Crippen molar-refractivity contribution < 1.29 is 9.59 Å². The SMILES string of the molecule is O=C(NC1CC1)c1ccsc1NC(=O)[C@H]1CSc2ccccc21. The number of carbonyl (C=O) groups excluding carboxylic acids is 2. The fourth-order valence-corrected chi connectivity index (χ4v) is 4.67. The molecule has 1 aliphatic carbocycles. The number of thiophene rings is 1. The van der Waals surface area contributed by atoms with Crippen molar-refractivity contribution in [1.82, 2.24) is 5.32 Å². The van der Waals surface area contributed by atoms with E-state index in [1.165, 1.54) is 16.2 Å². The molecule has 0 saturated heterocycles. The second-order valence-corrected chi connectivity index (χ2v) is 7.78. The lowest BCUT2D eigenvalue weighted by Gasteiger charge is -2.12. The number of hydrogen-bond donors (Lipinski definition) is 2. The summed E-state index contributed by atoms with van der Waals surface area (Å²) < 4.78 is 0. The highest BCUT2D eigenvalue weighted by molar-refractivity contribution is 7.99. The number of rotatable bonds is 4. The van der Waals surface area contributed by atoms with Gasteiger partial charge in [0.25, 0.3) is 5.91 Å². The first-order chi connectivity index (χ1) is 11.2. The van der Waals surface area contributed by atoms with E-state index in [-0.39, 0.29) is 17.7 Å². The predicted octanol–water partition coefficient (Wildman–Crippen LogP) is 3.47. The van der Waals surface area contributed by atoms with Crippen molar-refractivity contribution in [2.75, 3.05) is 11.1 Å². The summed E-state index contributed by atoms with van der Waals surface area (Å²) in [6, 6.07) is 10.1. The van der Waals surface area contributed by atoms with E-state index in [1.54, 1.807) is 17.8 Å². The first-order valence-electron chi connectivity index (χ1n) is 7.63. The average Bonchev–Trinajstić information content (AvgIpc) is 3.09. The van der Waals surface area contributed by atoms with Crippen LogP contribution in [0.1, 0.15) is 34.7 Å². The van der Waals surface area contributed by atoms with Crippen molar-refractivity contribution in [2.45, 2.75) is 29.7 Å². The van der Waals surface area contributed by atoms with Gasteiger partial charge in [0.1, 0.15) is 5.00 Å². The van der Waals surface area contributed by atoms with Crippen LogP contribution in [0, 0.1) is 0 Å². The fraction of sp³-hybridized carbons (Fsp3) is 0.294. The van der Waals surface area contributed by atoms with E-state index in [1.807, 2.05) is 29.6 Å². The predicted molar refractivity (Wildman–Crippen MR) is 93.3 cm³/mol. The molecular formula is C17H16N2O2S2. The van der Waals surface area contributed by atoms with Gasteiger partial charge in [-0.15, -0.1) is 23.1 Å². The lowest BCUT2D eigenvalue weighted by molar-refractivity contribution is -0.117. The number of fused-ring (bicyclic) bond motifs is 1. The van der Waals surface area contributed by atoms with E-state index < -0.39 is 0 Å². The lowest BCUT2D eigenvalue weighted by Crippen LogP contribution is -2.27. The van der Waals surface area contributed by atoms with Gasteiger partial charge in [0, 0.05) is 16.7 Å². The van der Waals surface area contributed by atoms with Gasteiger partial charge in [-0.05, 0) is 35.9 Å². The Bertz CT molecular complexity index is 767. The van der Waals surface area contributed by atoms with Gasteiger partial charge in [0.15, 0.2) is 0 Å². The Morgan fingerprint density at radius 2 is 1.96 bits per heavy atom. The quantitative estimate of drug-likeness (QED) is 0.893. The third kappa shape index (κ3) is 3.01. The molecule has 1 fully saturated rings. The maximum absolute atomic E-state index is 12.6. The van der Waals surface area contributed by atoms with Crippen molar-refractivity contribution in [3.63, 3.8) is 0 Å². The normalized spacial score (nSPS) is 19.2. The highest BCUT2D eigenvalue weighted by Crippen LogP contribution is 2.40. The highest BCUT2D eigenvalue weighted by Gasteiger charge is 2.30. The Balaban J connectivity index is 1.49. The standard InChI is InChI=1S/C17H16N2O2S2/c20-15(18-10-5-6-10)12-7-8-22-17(12)19-16(21)13-9-23-14-4-2-1-3-11(13)14/h1-4,7-8,10,13H,5-6,9H2,(H,18,20)(H,19,21)/t13-/m0/s1. The van der Waals surface area contributed by atoms with Crippen molar-refractivity contribution >= 4 is 39.9 Å². The summed E-state index contributed by atoms with van der Waals surface area (Å²) in [6.07, 6.45) is 2.10. The second kappa shape index (κ2) is 6.02. The van der Waals surface area contributed by atoms with Crippen LogP contribution in [0.15, 0.2) is 40.6 Å². The number of thioether (sulfide) groups is 1. The second-order valence-electron chi connectivity index (χ2n) is 5.80. The van der Waals surface area contributed by atoms with Crippen LogP contribution in [0.25, 0.3) is 0 Å². The molecule has 0 spiro atoms. The zero-order chi connectivity index (χ0) is 15.8. The summed E-state index contributed by atoms with van der Waals surface area (Å²) >= 11 is 3.10. The summed E-state index contributed by atoms with van der Waals surface area (Å²) in [5.41, 5.74) is 1.64. The highest BCUT2D eigenvalue weighted by atomic mass is 32.2. The Kier molecular flexibility index (Phi) is 3.87. The van der Waals surface area contributed by atoms with Crippen LogP contribution < -0.4 is 10.6 Å². The largest absolute Gasteiger partial charge is 0.349 e. The van der Waals surface area contributed by atoms with Crippen LogP contribution >= 0.6 is 23.1 Å². The number of anilines is 1. The summed E-state index contributed by atoms with van der Waals surface area (Å²) in [4.78, 5) is 26.0. The molecule has 1 aromatic heterocycles. The Hall–Kier alpha value is -1.79. The molecule has 0 bridgehead atoms. The summed E-state index contributed by atoms with van der Waals surface area (Å²) in [5, 5.41) is 8.40. The fourth-order valence-electron chi connectivity index (χ4n) is 2.65. The van der Waals surface area contributed by atoms with Crippen molar-refractivity contribution in [3.05, 3.63) is 46.8 Å². The molecule has 2 aliphatic rings. The van der Waals surface area contributed by atoms with Crippen LogP contribution in [0.3, 0.4) is 0 Å². The molecule has 1 saturated carbocycles. The molecule has 118 valence electrons. The Morgan fingerprint density at radius 1 is 1.13 bits per heavy atom. The number of hydrogen-bond acceptors (Lipinski definition) is 4. The molecular weight excluding hydrogens is 328 g/mol. The van der Waals surface area contributed by atoms with E-state index >= 15 is 0 Å². The van der Waals surface area contributed by atoms with Crippen molar-refractivity contribution in [3.8, 4) is 0 Å². The molecule has 2 amide bonds. The number of nitrogens with one attached hydrogen (secondary N) is 2. The number of benzene rings is 1. The first kappa shape index (κ1) is 14.8. The molecule has 0 unspecified atom stereocenters. The van der Waals surface area contributed by atoms with Gasteiger partial charge in [-0.2, -0.15) is 0 Å². The van der Waals surface area contributed by atoms with Crippen molar-refractivity contribution in [2.24, 2.45) is 0 Å². The Labute approximate surface area is 142 Å². The maximum Gasteiger partial charge on any atom is 0.254 e. The maximum atomic E-state index is 12.6. The van der Waals surface area contributed by atoms with Crippen LogP contribution in [-0.2, 0) is 4.79 Å². The molecule has 4 nitrogen and oxygen atoms in total. The number of carbonyl (C=O) groups is 2. The first-order valence-corrected chi connectivity index (χ1v) is 9.50. The zero-order valence-corrected chi connectivity index (χ0v) is 14.0. The molecule has 6 heteroatoms. The van der Waals surface area contributed by atoms with Gasteiger partial charge in [0.05, 0.1) is 11.5 Å². The molecule has 2 N–H and O–H groups in total. The van der Waals surface area contributed by atoms with E-state index in [0.29, 0.717) is 16.6 Å². The van der Waals surface area contributed by atoms with E-state index in [2.05, 4.69) is 10.6 Å². The average molecular weight is 344 g/mol. The zero-order valence-electron chi connectivity index (χ0n) is 12.4. The summed E-state index contributed by atoms with van der Waals surface area (Å²) in [7, 11) is 0. The topological polar surface area (TPSA) is 58.2 Å². The molecule has 23 heavy (non-hydrogen) atoms. The van der Waals surface area contributed by atoms with Gasteiger partial charge < -0.3 is 10.6 Å². The van der Waals surface area contributed by atoms with Gasteiger partial charge in [-0.3, -0.25) is 9.59 Å². The third-order valence-corrected chi connectivity index (χ3v) is 6.09.